The molecule has 2 aromatic carbocycles. The lowest BCUT2D eigenvalue weighted by Gasteiger charge is -2.09. The fraction of sp³-hybridized carbons (Fsp3) is 0.0625. The molecule has 0 amide bonds. The van der Waals surface area contributed by atoms with Gasteiger partial charge in [0, 0.05) is 22.7 Å². The average Bonchev–Trinajstić information content (AvgIpc) is 2.51. The van der Waals surface area contributed by atoms with E-state index in [1.165, 1.54) is 0 Å². The molecule has 3 aromatic rings. The highest BCUT2D eigenvalue weighted by Crippen LogP contribution is 2.18. The number of hydrogen-bond acceptors (Lipinski definition) is 7. The summed E-state index contributed by atoms with van der Waals surface area (Å²) in [4.78, 5) is 12.9. The summed E-state index contributed by atoms with van der Waals surface area (Å²) in [5.41, 5.74) is 14.5. The van der Waals surface area contributed by atoms with Crippen LogP contribution in [0, 0.1) is 6.92 Å². The molecular weight excluding hydrogens is 290 g/mol. The zero-order chi connectivity index (χ0) is 16.2. The molecule has 3 rings (SSSR count). The molecule has 23 heavy (non-hydrogen) atoms. The van der Waals surface area contributed by atoms with E-state index in [4.69, 9.17) is 11.5 Å². The van der Waals surface area contributed by atoms with Crippen LogP contribution in [0.25, 0.3) is 0 Å². The predicted molar refractivity (Wildman–Crippen MR) is 92.8 cm³/mol. The first-order valence-corrected chi connectivity index (χ1v) is 7.06. The second-order valence-electron chi connectivity index (χ2n) is 5.02. The van der Waals surface area contributed by atoms with E-state index in [-0.39, 0.29) is 0 Å². The number of benzene rings is 2. The largest absolute Gasteiger partial charge is 0.399 e. The van der Waals surface area contributed by atoms with Crippen LogP contribution < -0.4 is 22.1 Å². The summed E-state index contributed by atoms with van der Waals surface area (Å²) in [5, 5.41) is 6.26. The molecule has 0 aliphatic carbocycles. The van der Waals surface area contributed by atoms with Crippen molar-refractivity contribution >= 4 is 34.6 Å². The van der Waals surface area contributed by atoms with Gasteiger partial charge in [-0.2, -0.15) is 15.0 Å². The first kappa shape index (κ1) is 14.6. The summed E-state index contributed by atoms with van der Waals surface area (Å²) in [6.07, 6.45) is 0. The van der Waals surface area contributed by atoms with Gasteiger partial charge >= 0.3 is 0 Å². The Kier molecular flexibility index (Phi) is 3.92. The van der Waals surface area contributed by atoms with Gasteiger partial charge in [0.1, 0.15) is 5.82 Å². The minimum atomic E-state index is 0.459. The molecule has 7 heteroatoms. The van der Waals surface area contributed by atoms with Crippen molar-refractivity contribution in [3.63, 3.8) is 0 Å². The zero-order valence-corrected chi connectivity index (χ0v) is 12.6. The van der Waals surface area contributed by atoms with Crippen LogP contribution in [-0.4, -0.2) is 15.0 Å². The Labute approximate surface area is 133 Å². The van der Waals surface area contributed by atoms with Crippen molar-refractivity contribution < 1.29 is 0 Å². The number of hydrogen-bond donors (Lipinski definition) is 4. The first-order valence-electron chi connectivity index (χ1n) is 7.06. The van der Waals surface area contributed by atoms with Crippen LogP contribution in [0.3, 0.4) is 0 Å². The number of nitrogens with one attached hydrogen (secondary N) is 2. The van der Waals surface area contributed by atoms with Gasteiger partial charge in [-0.1, -0.05) is 0 Å². The Bertz CT molecular complexity index is 732. The number of nitrogen functional groups attached to an aromatic ring is 2. The Balaban J connectivity index is 1.81. The summed E-state index contributed by atoms with van der Waals surface area (Å²) in [5.74, 6) is 1.52. The molecule has 0 atom stereocenters. The molecule has 0 bridgehead atoms. The van der Waals surface area contributed by atoms with Gasteiger partial charge in [0.25, 0.3) is 0 Å². The van der Waals surface area contributed by atoms with Gasteiger partial charge in [-0.15, -0.1) is 0 Å². The lowest BCUT2D eigenvalue weighted by Crippen LogP contribution is -2.05. The van der Waals surface area contributed by atoms with E-state index < -0.39 is 0 Å². The van der Waals surface area contributed by atoms with Crippen molar-refractivity contribution in [2.24, 2.45) is 0 Å². The van der Waals surface area contributed by atoms with E-state index in [1.54, 1.807) is 0 Å². The SMILES string of the molecule is Cc1nc(Nc2ccc(N)cc2)nc(Nc2ccc(N)cc2)n1. The van der Waals surface area contributed by atoms with Crippen molar-refractivity contribution in [3.05, 3.63) is 54.4 Å². The molecule has 0 aliphatic heterocycles. The predicted octanol–water partition coefficient (Wildman–Crippen LogP) is 2.83. The van der Waals surface area contributed by atoms with Gasteiger partial charge in [0.05, 0.1) is 0 Å². The Hall–Kier alpha value is -3.35. The maximum Gasteiger partial charge on any atom is 0.232 e. The smallest absolute Gasteiger partial charge is 0.232 e. The van der Waals surface area contributed by atoms with Crippen molar-refractivity contribution in [3.8, 4) is 0 Å². The molecule has 7 nitrogen and oxygen atoms in total. The van der Waals surface area contributed by atoms with Gasteiger partial charge in [-0.05, 0) is 55.5 Å². The fourth-order valence-electron chi connectivity index (χ4n) is 1.98. The van der Waals surface area contributed by atoms with Gasteiger partial charge in [0.2, 0.25) is 11.9 Å². The highest BCUT2D eigenvalue weighted by atomic mass is 15.2. The maximum absolute atomic E-state index is 5.68. The number of anilines is 6. The lowest BCUT2D eigenvalue weighted by molar-refractivity contribution is 0.989. The van der Waals surface area contributed by atoms with Crippen molar-refractivity contribution in [1.29, 1.82) is 0 Å². The molecule has 1 aromatic heterocycles. The number of nitrogens with two attached hydrogens (primary N) is 2. The number of aryl methyl sites for hydroxylation is 1. The average molecular weight is 307 g/mol. The molecule has 6 N–H and O–H groups in total. The van der Waals surface area contributed by atoms with E-state index in [9.17, 15) is 0 Å². The molecule has 1 heterocycles. The molecule has 0 spiro atoms. The van der Waals surface area contributed by atoms with Crippen LogP contribution in [0.2, 0.25) is 0 Å². The van der Waals surface area contributed by atoms with Crippen molar-refractivity contribution in [2.75, 3.05) is 22.1 Å². The van der Waals surface area contributed by atoms with Crippen LogP contribution in [0.5, 0.6) is 0 Å². The van der Waals surface area contributed by atoms with E-state index in [1.807, 2.05) is 55.5 Å². The van der Waals surface area contributed by atoms with Crippen LogP contribution in [0.15, 0.2) is 48.5 Å². The Morgan fingerprint density at radius 1 is 0.652 bits per heavy atom. The van der Waals surface area contributed by atoms with E-state index in [0.29, 0.717) is 29.1 Å². The van der Waals surface area contributed by atoms with Crippen LogP contribution in [-0.2, 0) is 0 Å². The first-order chi connectivity index (χ1) is 11.1. The van der Waals surface area contributed by atoms with E-state index in [0.717, 1.165) is 11.4 Å². The molecule has 0 unspecified atom stereocenters. The molecule has 0 saturated heterocycles. The fourth-order valence-corrected chi connectivity index (χ4v) is 1.98. The summed E-state index contributed by atoms with van der Waals surface area (Å²) in [6, 6.07) is 14.7. The monoisotopic (exact) mass is 307 g/mol. The second kappa shape index (κ2) is 6.18. The topological polar surface area (TPSA) is 115 Å². The highest BCUT2D eigenvalue weighted by molar-refractivity contribution is 5.60. The van der Waals surface area contributed by atoms with Gasteiger partial charge < -0.3 is 22.1 Å². The molecule has 0 aliphatic rings. The third-order valence-corrected chi connectivity index (χ3v) is 3.08. The van der Waals surface area contributed by atoms with E-state index >= 15 is 0 Å². The standard InChI is InChI=1S/C16H17N7/c1-10-19-15(21-13-6-2-11(17)3-7-13)23-16(20-10)22-14-8-4-12(18)5-9-14/h2-9H,17-18H2,1H3,(H2,19,20,21,22,23). The Morgan fingerprint density at radius 3 is 1.43 bits per heavy atom. The molecule has 116 valence electrons. The molecule has 0 radical (unpaired) electrons. The van der Waals surface area contributed by atoms with Crippen LogP contribution in [0.4, 0.5) is 34.6 Å². The molecule has 0 fully saturated rings. The minimum Gasteiger partial charge on any atom is -0.399 e. The minimum absolute atomic E-state index is 0.459. The summed E-state index contributed by atoms with van der Waals surface area (Å²) >= 11 is 0. The third-order valence-electron chi connectivity index (χ3n) is 3.08. The van der Waals surface area contributed by atoms with Crippen LogP contribution in [0.1, 0.15) is 5.82 Å². The van der Waals surface area contributed by atoms with Gasteiger partial charge in [0.15, 0.2) is 0 Å². The van der Waals surface area contributed by atoms with Crippen molar-refractivity contribution in [1.82, 2.24) is 15.0 Å². The quantitative estimate of drug-likeness (QED) is 0.548. The summed E-state index contributed by atoms with van der Waals surface area (Å²) in [7, 11) is 0. The zero-order valence-electron chi connectivity index (χ0n) is 12.6. The Morgan fingerprint density at radius 2 is 1.04 bits per heavy atom. The number of nitrogens with zero attached hydrogens (tertiary/aromatic N) is 3. The van der Waals surface area contributed by atoms with Crippen molar-refractivity contribution in [2.45, 2.75) is 6.92 Å². The van der Waals surface area contributed by atoms with Gasteiger partial charge in [-0.3, -0.25) is 0 Å². The summed E-state index contributed by atoms with van der Waals surface area (Å²) in [6.45, 7) is 1.81. The number of aromatic nitrogens is 3. The highest BCUT2D eigenvalue weighted by Gasteiger charge is 2.05. The molecule has 0 saturated carbocycles. The maximum atomic E-state index is 5.68. The van der Waals surface area contributed by atoms with Crippen LogP contribution >= 0.6 is 0 Å². The summed E-state index contributed by atoms with van der Waals surface area (Å²) < 4.78 is 0. The van der Waals surface area contributed by atoms with E-state index in [2.05, 4.69) is 25.6 Å². The normalized spacial score (nSPS) is 10.3. The third kappa shape index (κ3) is 3.85. The lowest BCUT2D eigenvalue weighted by atomic mass is 10.3. The van der Waals surface area contributed by atoms with Gasteiger partial charge in [-0.25, -0.2) is 0 Å². The second-order valence-corrected chi connectivity index (χ2v) is 5.02. The number of rotatable bonds is 4. The molecular formula is C16H17N7.